The van der Waals surface area contributed by atoms with Crippen molar-refractivity contribution in [2.24, 2.45) is 0 Å². The Kier molecular flexibility index (Phi) is 4.27. The Labute approximate surface area is 131 Å². The van der Waals surface area contributed by atoms with Crippen LogP contribution in [0.3, 0.4) is 0 Å². The van der Waals surface area contributed by atoms with Crippen LogP contribution in [0.2, 0.25) is 0 Å². The third-order valence-electron chi connectivity index (χ3n) is 3.22. The second kappa shape index (κ2) is 5.78. The van der Waals surface area contributed by atoms with Crippen LogP contribution in [0.15, 0.2) is 30.3 Å². The SMILES string of the molecule is Nc1ccc(-c2ccc(NO)c(O)c2C(F)(F)F)c(C(F)(F)F)c1. The van der Waals surface area contributed by atoms with Gasteiger partial charge in [0.25, 0.3) is 0 Å². The smallest absolute Gasteiger partial charge is 0.420 e. The Morgan fingerprint density at radius 1 is 0.875 bits per heavy atom. The second-order valence-corrected chi connectivity index (χ2v) is 4.80. The molecule has 0 bridgehead atoms. The van der Waals surface area contributed by atoms with E-state index in [9.17, 15) is 31.4 Å². The first kappa shape index (κ1) is 17.7. The third-order valence-corrected chi connectivity index (χ3v) is 3.22. The summed E-state index contributed by atoms with van der Waals surface area (Å²) in [5.41, 5.74) is 0.868. The van der Waals surface area contributed by atoms with Crippen LogP contribution in [0.5, 0.6) is 5.75 Å². The Bertz CT molecular complexity index is 771. The Hall–Kier alpha value is -2.62. The van der Waals surface area contributed by atoms with Crippen molar-refractivity contribution >= 4 is 11.4 Å². The van der Waals surface area contributed by atoms with E-state index in [2.05, 4.69) is 0 Å². The summed E-state index contributed by atoms with van der Waals surface area (Å²) in [5, 5.41) is 18.4. The number of benzene rings is 2. The lowest BCUT2D eigenvalue weighted by molar-refractivity contribution is -0.140. The summed E-state index contributed by atoms with van der Waals surface area (Å²) >= 11 is 0. The van der Waals surface area contributed by atoms with Crippen molar-refractivity contribution in [2.45, 2.75) is 12.4 Å². The first-order valence-corrected chi connectivity index (χ1v) is 6.27. The Balaban J connectivity index is 2.86. The fraction of sp³-hybridized carbons (Fsp3) is 0.143. The van der Waals surface area contributed by atoms with Crippen molar-refractivity contribution < 1.29 is 36.7 Å². The van der Waals surface area contributed by atoms with E-state index in [0.717, 1.165) is 18.2 Å². The summed E-state index contributed by atoms with van der Waals surface area (Å²) in [4.78, 5) is 0. The van der Waals surface area contributed by atoms with Crippen LogP contribution in [0.4, 0.5) is 37.7 Å². The molecule has 0 aliphatic carbocycles. The van der Waals surface area contributed by atoms with Gasteiger partial charge in [-0.1, -0.05) is 12.1 Å². The molecule has 4 nitrogen and oxygen atoms in total. The second-order valence-electron chi connectivity index (χ2n) is 4.80. The minimum atomic E-state index is -5.17. The molecule has 0 spiro atoms. The van der Waals surface area contributed by atoms with Gasteiger partial charge in [0.2, 0.25) is 0 Å². The molecule has 0 aliphatic rings. The number of nitrogen functional groups attached to an aromatic ring is 1. The number of aromatic hydroxyl groups is 1. The number of hydrogen-bond donors (Lipinski definition) is 4. The van der Waals surface area contributed by atoms with E-state index in [1.165, 1.54) is 5.48 Å². The van der Waals surface area contributed by atoms with E-state index in [-0.39, 0.29) is 5.69 Å². The molecule has 0 saturated carbocycles. The summed E-state index contributed by atoms with van der Waals surface area (Å²) in [6, 6.07) is 3.83. The lowest BCUT2D eigenvalue weighted by Crippen LogP contribution is -2.12. The van der Waals surface area contributed by atoms with Gasteiger partial charge in [0.1, 0.15) is 11.3 Å². The van der Waals surface area contributed by atoms with Crippen molar-refractivity contribution in [3.63, 3.8) is 0 Å². The number of alkyl halides is 6. The zero-order chi connectivity index (χ0) is 18.3. The summed E-state index contributed by atoms with van der Waals surface area (Å²) in [6.07, 6.45) is -10.1. The van der Waals surface area contributed by atoms with Gasteiger partial charge in [-0.25, -0.2) is 0 Å². The van der Waals surface area contributed by atoms with Gasteiger partial charge in [-0.15, -0.1) is 0 Å². The number of rotatable bonds is 2. The van der Waals surface area contributed by atoms with Crippen LogP contribution in [0.25, 0.3) is 11.1 Å². The van der Waals surface area contributed by atoms with E-state index in [0.29, 0.717) is 12.1 Å². The molecule has 2 aromatic carbocycles. The van der Waals surface area contributed by atoms with Gasteiger partial charge in [0.15, 0.2) is 5.75 Å². The predicted molar refractivity (Wildman–Crippen MR) is 73.4 cm³/mol. The van der Waals surface area contributed by atoms with Crippen molar-refractivity contribution in [2.75, 3.05) is 11.2 Å². The summed E-state index contributed by atoms with van der Waals surface area (Å²) in [7, 11) is 0. The molecular weight excluding hydrogens is 342 g/mol. The van der Waals surface area contributed by atoms with Crippen LogP contribution in [0, 0.1) is 0 Å². The normalized spacial score (nSPS) is 12.3. The van der Waals surface area contributed by atoms with Crippen molar-refractivity contribution in [1.82, 2.24) is 0 Å². The van der Waals surface area contributed by atoms with Gasteiger partial charge < -0.3 is 10.8 Å². The summed E-state index contributed by atoms with van der Waals surface area (Å²) in [6.45, 7) is 0. The molecule has 0 amide bonds. The standard InChI is InChI=1S/C14H10F6N2O2/c15-13(16,17)9-5-6(21)1-2-7(9)8-3-4-10(22-24)12(23)11(8)14(18,19)20/h1-5,22-24H,21H2. The first-order valence-electron chi connectivity index (χ1n) is 6.27. The molecule has 0 aromatic heterocycles. The van der Waals surface area contributed by atoms with E-state index in [1.807, 2.05) is 0 Å². The molecule has 130 valence electrons. The van der Waals surface area contributed by atoms with Gasteiger partial charge >= 0.3 is 12.4 Å². The van der Waals surface area contributed by atoms with E-state index in [4.69, 9.17) is 10.9 Å². The molecule has 0 heterocycles. The highest BCUT2D eigenvalue weighted by Crippen LogP contribution is 2.48. The molecule has 24 heavy (non-hydrogen) atoms. The molecule has 0 unspecified atom stereocenters. The highest BCUT2D eigenvalue weighted by atomic mass is 19.4. The molecule has 5 N–H and O–H groups in total. The number of nitrogens with two attached hydrogens (primary N) is 1. The maximum atomic E-state index is 13.2. The molecule has 0 fully saturated rings. The monoisotopic (exact) mass is 352 g/mol. The topological polar surface area (TPSA) is 78.5 Å². The molecule has 0 aliphatic heterocycles. The zero-order valence-corrected chi connectivity index (χ0v) is 11.6. The molecule has 0 atom stereocenters. The average Bonchev–Trinajstić information content (AvgIpc) is 2.44. The first-order chi connectivity index (χ1) is 11.0. The molecular formula is C14H10F6N2O2. The van der Waals surface area contributed by atoms with Gasteiger partial charge in [-0.05, 0) is 29.3 Å². The van der Waals surface area contributed by atoms with Gasteiger partial charge in [-0.2, -0.15) is 26.3 Å². The maximum Gasteiger partial charge on any atom is 0.420 e. The lowest BCUT2D eigenvalue weighted by atomic mass is 9.93. The van der Waals surface area contributed by atoms with E-state index >= 15 is 0 Å². The van der Waals surface area contributed by atoms with Crippen molar-refractivity contribution in [1.29, 1.82) is 0 Å². The predicted octanol–water partition coefficient (Wildman–Crippen LogP) is 4.48. The van der Waals surface area contributed by atoms with Gasteiger partial charge in [0, 0.05) is 5.69 Å². The lowest BCUT2D eigenvalue weighted by Gasteiger charge is -2.20. The largest absolute Gasteiger partial charge is 0.505 e. The summed E-state index contributed by atoms with van der Waals surface area (Å²) < 4.78 is 79.1. The molecule has 2 aromatic rings. The van der Waals surface area contributed by atoms with Crippen LogP contribution >= 0.6 is 0 Å². The van der Waals surface area contributed by atoms with Crippen LogP contribution < -0.4 is 11.2 Å². The molecule has 0 radical (unpaired) electrons. The fourth-order valence-electron chi connectivity index (χ4n) is 2.22. The number of phenols is 1. The van der Waals surface area contributed by atoms with Crippen molar-refractivity contribution in [3.8, 4) is 16.9 Å². The maximum absolute atomic E-state index is 13.2. The van der Waals surface area contributed by atoms with Crippen molar-refractivity contribution in [3.05, 3.63) is 41.5 Å². The van der Waals surface area contributed by atoms with Gasteiger partial charge in [-0.3, -0.25) is 10.7 Å². The third kappa shape index (κ3) is 3.18. The number of hydrogen-bond acceptors (Lipinski definition) is 4. The number of halogens is 6. The Morgan fingerprint density at radius 2 is 1.46 bits per heavy atom. The minimum absolute atomic E-state index is 0.280. The quantitative estimate of drug-likeness (QED) is 0.278. The highest BCUT2D eigenvalue weighted by Gasteiger charge is 2.41. The van der Waals surface area contributed by atoms with Crippen LogP contribution in [-0.2, 0) is 12.4 Å². The molecule has 0 saturated heterocycles. The zero-order valence-electron chi connectivity index (χ0n) is 11.6. The number of anilines is 2. The van der Waals surface area contributed by atoms with E-state index < -0.39 is 46.0 Å². The molecule has 2 rings (SSSR count). The van der Waals surface area contributed by atoms with Gasteiger partial charge in [0.05, 0.1) is 5.56 Å². The fourth-order valence-corrected chi connectivity index (χ4v) is 2.22. The summed E-state index contributed by atoms with van der Waals surface area (Å²) in [5.74, 6) is -1.42. The van der Waals surface area contributed by atoms with E-state index in [1.54, 1.807) is 0 Å². The molecule has 10 heteroatoms. The average molecular weight is 352 g/mol. The number of phenolic OH excluding ortho intramolecular Hbond substituents is 1. The Morgan fingerprint density at radius 3 is 1.96 bits per heavy atom. The van der Waals surface area contributed by atoms with Crippen LogP contribution in [-0.4, -0.2) is 10.3 Å². The number of nitrogens with one attached hydrogen (secondary N) is 1. The highest BCUT2D eigenvalue weighted by molar-refractivity contribution is 5.79. The van der Waals surface area contributed by atoms with Crippen LogP contribution in [0.1, 0.15) is 11.1 Å². The minimum Gasteiger partial charge on any atom is -0.505 e.